The van der Waals surface area contributed by atoms with E-state index in [1.807, 2.05) is 30.5 Å². The molecule has 100 valence electrons. The second-order valence-electron chi connectivity index (χ2n) is 4.12. The van der Waals surface area contributed by atoms with Gasteiger partial charge in [-0.15, -0.1) is 11.3 Å². The number of rotatable bonds is 6. The summed E-state index contributed by atoms with van der Waals surface area (Å²) in [6.07, 6.45) is 0.706. The quantitative estimate of drug-likeness (QED) is 0.794. The lowest BCUT2D eigenvalue weighted by Gasteiger charge is -2.06. The largest absolute Gasteiger partial charge is 0.481 e. The Balaban J connectivity index is 2.03. The van der Waals surface area contributed by atoms with E-state index < -0.39 is 5.97 Å². The fraction of sp³-hybridized carbons (Fsp3) is 0.308. The van der Waals surface area contributed by atoms with E-state index in [1.54, 1.807) is 11.3 Å². The van der Waals surface area contributed by atoms with Crippen molar-refractivity contribution < 1.29 is 9.90 Å². The standard InChI is InChI=1S/C13H15N3O2S/c1-9-8-10(11-4-3-7-19-11)16-13(15-9)14-6-2-5-12(17)18/h3-4,7-8H,2,5-6H2,1H3,(H,17,18)(H,14,15,16). The molecule has 0 aliphatic carbocycles. The average molecular weight is 277 g/mol. The van der Waals surface area contributed by atoms with Crippen LogP contribution in [0.1, 0.15) is 18.5 Å². The van der Waals surface area contributed by atoms with Gasteiger partial charge in [0, 0.05) is 18.7 Å². The third kappa shape index (κ3) is 4.03. The topological polar surface area (TPSA) is 75.1 Å². The van der Waals surface area contributed by atoms with Gasteiger partial charge in [0.15, 0.2) is 0 Å². The monoisotopic (exact) mass is 277 g/mol. The number of carboxylic acids is 1. The van der Waals surface area contributed by atoms with Crippen LogP contribution in [0.15, 0.2) is 23.6 Å². The molecule has 0 fully saturated rings. The number of aliphatic carboxylic acids is 1. The highest BCUT2D eigenvalue weighted by Crippen LogP contribution is 2.23. The SMILES string of the molecule is Cc1cc(-c2cccs2)nc(NCCCC(=O)O)n1. The molecule has 6 heteroatoms. The molecule has 0 atom stereocenters. The predicted molar refractivity (Wildman–Crippen MR) is 75.4 cm³/mol. The minimum atomic E-state index is -0.786. The first-order valence-corrected chi connectivity index (χ1v) is 6.88. The zero-order valence-electron chi connectivity index (χ0n) is 10.6. The van der Waals surface area contributed by atoms with Crippen molar-refractivity contribution in [2.24, 2.45) is 0 Å². The molecule has 0 radical (unpaired) electrons. The van der Waals surface area contributed by atoms with Gasteiger partial charge in [0.2, 0.25) is 5.95 Å². The summed E-state index contributed by atoms with van der Waals surface area (Å²) in [5.74, 6) is -0.236. The van der Waals surface area contributed by atoms with Crippen LogP contribution < -0.4 is 5.32 Å². The van der Waals surface area contributed by atoms with E-state index in [0.29, 0.717) is 18.9 Å². The first-order valence-electron chi connectivity index (χ1n) is 6.00. The number of hydrogen-bond acceptors (Lipinski definition) is 5. The van der Waals surface area contributed by atoms with Crippen LogP contribution >= 0.6 is 11.3 Å². The molecule has 2 rings (SSSR count). The minimum absolute atomic E-state index is 0.149. The van der Waals surface area contributed by atoms with Crippen molar-refractivity contribution in [3.63, 3.8) is 0 Å². The van der Waals surface area contributed by atoms with Crippen molar-refractivity contribution >= 4 is 23.3 Å². The summed E-state index contributed by atoms with van der Waals surface area (Å²) in [6, 6.07) is 5.94. The van der Waals surface area contributed by atoms with Gasteiger partial charge in [-0.2, -0.15) is 0 Å². The molecular weight excluding hydrogens is 262 g/mol. The Hall–Kier alpha value is -1.95. The van der Waals surface area contributed by atoms with Crippen molar-refractivity contribution in [1.82, 2.24) is 9.97 Å². The number of thiophene rings is 1. The van der Waals surface area contributed by atoms with E-state index in [9.17, 15) is 4.79 Å². The van der Waals surface area contributed by atoms with Gasteiger partial charge < -0.3 is 10.4 Å². The molecule has 0 saturated heterocycles. The summed E-state index contributed by atoms with van der Waals surface area (Å²) in [5.41, 5.74) is 1.78. The normalized spacial score (nSPS) is 10.4. The van der Waals surface area contributed by atoms with Crippen LogP contribution in [-0.2, 0) is 4.79 Å². The molecule has 0 saturated carbocycles. The van der Waals surface area contributed by atoms with E-state index >= 15 is 0 Å². The number of carboxylic acid groups (broad SMARTS) is 1. The molecule has 0 spiro atoms. The third-order valence-electron chi connectivity index (χ3n) is 2.48. The summed E-state index contributed by atoms with van der Waals surface area (Å²) in [7, 11) is 0. The Labute approximate surface area is 115 Å². The lowest BCUT2D eigenvalue weighted by Crippen LogP contribution is -2.08. The van der Waals surface area contributed by atoms with Gasteiger partial charge in [-0.3, -0.25) is 4.79 Å². The molecular formula is C13H15N3O2S. The molecule has 2 aromatic heterocycles. The highest BCUT2D eigenvalue weighted by Gasteiger charge is 2.05. The van der Waals surface area contributed by atoms with E-state index in [4.69, 9.17) is 5.11 Å². The first kappa shape index (κ1) is 13.5. The summed E-state index contributed by atoms with van der Waals surface area (Å²) in [4.78, 5) is 20.2. The number of nitrogens with zero attached hydrogens (tertiary/aromatic N) is 2. The molecule has 0 bridgehead atoms. The van der Waals surface area contributed by atoms with Crippen molar-refractivity contribution in [1.29, 1.82) is 0 Å². The summed E-state index contributed by atoms with van der Waals surface area (Å²) in [5, 5.41) is 13.6. The average Bonchev–Trinajstić information content (AvgIpc) is 2.87. The van der Waals surface area contributed by atoms with Crippen LogP contribution in [0.4, 0.5) is 5.95 Å². The number of nitrogens with one attached hydrogen (secondary N) is 1. The van der Waals surface area contributed by atoms with Gasteiger partial charge in [-0.25, -0.2) is 9.97 Å². The Morgan fingerprint density at radius 2 is 2.32 bits per heavy atom. The fourth-order valence-corrected chi connectivity index (χ4v) is 2.32. The van der Waals surface area contributed by atoms with Crippen LogP contribution in [0.2, 0.25) is 0 Å². The van der Waals surface area contributed by atoms with Crippen LogP contribution in [-0.4, -0.2) is 27.6 Å². The number of carbonyl (C=O) groups is 1. The third-order valence-corrected chi connectivity index (χ3v) is 3.37. The van der Waals surface area contributed by atoms with Gasteiger partial charge in [0.25, 0.3) is 0 Å². The Bertz CT molecular complexity index is 555. The fourth-order valence-electron chi connectivity index (χ4n) is 1.64. The van der Waals surface area contributed by atoms with E-state index in [0.717, 1.165) is 16.3 Å². The minimum Gasteiger partial charge on any atom is -0.481 e. The lowest BCUT2D eigenvalue weighted by molar-refractivity contribution is -0.137. The number of anilines is 1. The van der Waals surface area contributed by atoms with Crippen LogP contribution in [0.3, 0.4) is 0 Å². The molecule has 2 aromatic rings. The smallest absolute Gasteiger partial charge is 0.303 e. The Morgan fingerprint density at radius 1 is 1.47 bits per heavy atom. The van der Waals surface area contributed by atoms with E-state index in [-0.39, 0.29) is 6.42 Å². The van der Waals surface area contributed by atoms with Crippen molar-refractivity contribution in [2.75, 3.05) is 11.9 Å². The van der Waals surface area contributed by atoms with Crippen LogP contribution in [0.25, 0.3) is 10.6 Å². The van der Waals surface area contributed by atoms with E-state index in [1.165, 1.54) is 0 Å². The second kappa shape index (κ2) is 6.29. The Morgan fingerprint density at radius 3 is 3.00 bits per heavy atom. The zero-order valence-corrected chi connectivity index (χ0v) is 11.4. The van der Waals surface area contributed by atoms with Crippen molar-refractivity contribution in [3.05, 3.63) is 29.3 Å². The molecule has 0 amide bonds. The number of hydrogen-bond donors (Lipinski definition) is 2. The van der Waals surface area contributed by atoms with Crippen LogP contribution in [0.5, 0.6) is 0 Å². The molecule has 0 aliphatic rings. The molecule has 19 heavy (non-hydrogen) atoms. The maximum atomic E-state index is 10.4. The molecule has 2 heterocycles. The number of aromatic nitrogens is 2. The van der Waals surface area contributed by atoms with Gasteiger partial charge in [0.1, 0.15) is 0 Å². The Kier molecular flexibility index (Phi) is 4.46. The molecule has 0 aliphatic heterocycles. The van der Waals surface area contributed by atoms with Gasteiger partial charge >= 0.3 is 5.97 Å². The summed E-state index contributed by atoms with van der Waals surface area (Å²) < 4.78 is 0. The van der Waals surface area contributed by atoms with Crippen LogP contribution in [0, 0.1) is 6.92 Å². The van der Waals surface area contributed by atoms with E-state index in [2.05, 4.69) is 15.3 Å². The maximum absolute atomic E-state index is 10.4. The van der Waals surface area contributed by atoms with Gasteiger partial charge in [-0.1, -0.05) is 6.07 Å². The molecule has 0 aromatic carbocycles. The second-order valence-corrected chi connectivity index (χ2v) is 5.07. The number of aryl methyl sites for hydroxylation is 1. The summed E-state index contributed by atoms with van der Waals surface area (Å²) in [6.45, 7) is 2.47. The highest BCUT2D eigenvalue weighted by molar-refractivity contribution is 7.13. The maximum Gasteiger partial charge on any atom is 0.303 e. The highest BCUT2D eigenvalue weighted by atomic mass is 32.1. The lowest BCUT2D eigenvalue weighted by atomic mass is 10.3. The molecule has 2 N–H and O–H groups in total. The molecule has 5 nitrogen and oxygen atoms in total. The molecule has 0 unspecified atom stereocenters. The predicted octanol–water partition coefficient (Wildman–Crippen LogP) is 2.79. The zero-order chi connectivity index (χ0) is 13.7. The van der Waals surface area contributed by atoms with Gasteiger partial charge in [0.05, 0.1) is 10.6 Å². The summed E-state index contributed by atoms with van der Waals surface area (Å²) >= 11 is 1.63. The van der Waals surface area contributed by atoms with Crippen molar-refractivity contribution in [3.8, 4) is 10.6 Å². The van der Waals surface area contributed by atoms with Gasteiger partial charge in [-0.05, 0) is 30.9 Å². The van der Waals surface area contributed by atoms with Crippen molar-refractivity contribution in [2.45, 2.75) is 19.8 Å². The first-order chi connectivity index (χ1) is 9.15.